The molecular formula is C30H42N4O8S. The average molecular weight is 619 g/mol. The molecule has 236 valence electrons. The summed E-state index contributed by atoms with van der Waals surface area (Å²) in [7, 11) is -2.27. The van der Waals surface area contributed by atoms with Gasteiger partial charge in [0.05, 0.1) is 31.4 Å². The van der Waals surface area contributed by atoms with Crippen LogP contribution in [0.5, 0.6) is 23.0 Å². The van der Waals surface area contributed by atoms with Crippen LogP contribution in [-0.2, 0) is 19.6 Å². The summed E-state index contributed by atoms with van der Waals surface area (Å²) in [6, 6.07) is 6.47. The highest BCUT2D eigenvalue weighted by atomic mass is 32.2. The van der Waals surface area contributed by atoms with Gasteiger partial charge in [0.2, 0.25) is 16.8 Å². The van der Waals surface area contributed by atoms with Gasteiger partial charge in [-0.15, -0.1) is 0 Å². The van der Waals surface area contributed by atoms with Crippen molar-refractivity contribution in [2.24, 2.45) is 17.6 Å². The molecule has 1 saturated heterocycles. The van der Waals surface area contributed by atoms with E-state index in [1.807, 2.05) is 12.1 Å². The number of unbranched alkanes of at least 4 members (excludes halogenated alkanes) is 1. The lowest BCUT2D eigenvalue weighted by Crippen LogP contribution is -2.44. The molecule has 1 unspecified atom stereocenters. The number of fused-ring (bicyclic) bond motifs is 3. The van der Waals surface area contributed by atoms with Gasteiger partial charge in [0.15, 0.2) is 23.0 Å². The number of carbonyl (C=O) groups excluding carboxylic acids is 1. The Morgan fingerprint density at radius 3 is 2.40 bits per heavy atom. The molecule has 0 bridgehead atoms. The zero-order chi connectivity index (χ0) is 30.6. The molecule has 43 heavy (non-hydrogen) atoms. The third kappa shape index (κ3) is 6.86. The molecule has 5 rings (SSSR count). The van der Waals surface area contributed by atoms with Gasteiger partial charge in [-0.1, -0.05) is 6.07 Å². The van der Waals surface area contributed by atoms with Gasteiger partial charge in [0, 0.05) is 18.4 Å². The third-order valence-corrected chi connectivity index (χ3v) is 9.78. The van der Waals surface area contributed by atoms with Crippen molar-refractivity contribution >= 4 is 16.0 Å². The molecule has 13 heteroatoms. The molecule has 0 radical (unpaired) electrons. The number of ether oxygens (including phenoxy) is 4. The molecule has 2 heterocycles. The van der Waals surface area contributed by atoms with Gasteiger partial charge in [-0.25, -0.2) is 13.1 Å². The highest BCUT2D eigenvalue weighted by Crippen LogP contribution is 2.55. The van der Waals surface area contributed by atoms with E-state index in [-0.39, 0.29) is 30.7 Å². The minimum atomic E-state index is -3.74. The van der Waals surface area contributed by atoms with E-state index >= 15 is 0 Å². The standard InChI is InChI=1S/C30H42N4O8S/c1-18-12-19(13-25(39-2)29(18)35)26-20-14-23-24(42-17-41-23)15-21(20)28(22-16-40-30(36)27(22)26)34-43(37,38)11-10-33-9-5-8-32-7-4-3-6-31/h12-15,22,26-28,32-35H,3-11,16-17,31H2,1-2H3/t22-,26?,27-,28+/m0/s1. The summed E-state index contributed by atoms with van der Waals surface area (Å²) in [5, 5.41) is 17.0. The molecule has 0 aromatic heterocycles. The van der Waals surface area contributed by atoms with E-state index in [1.54, 1.807) is 19.1 Å². The first-order valence-corrected chi connectivity index (χ1v) is 16.5. The SMILES string of the molecule is COc1cc(C2c3cc4c(cc3[C@@H](NS(=O)(=O)CCNCCCNCCCCN)[C@H]3COC(=O)[C@H]23)OCO4)cc(C)c1O. The molecule has 6 N–H and O–H groups in total. The number of methoxy groups -OCH3 is 1. The van der Waals surface area contributed by atoms with Crippen LogP contribution in [0.4, 0.5) is 0 Å². The quantitative estimate of drug-likeness (QED) is 0.145. The molecule has 0 saturated carbocycles. The number of carbonyl (C=O) groups is 1. The Hall–Kier alpha value is -3.10. The highest BCUT2D eigenvalue weighted by molar-refractivity contribution is 7.89. The van der Waals surface area contributed by atoms with E-state index in [0.717, 1.165) is 43.5 Å². The number of rotatable bonds is 15. The van der Waals surface area contributed by atoms with Crippen LogP contribution in [0.25, 0.3) is 0 Å². The average Bonchev–Trinajstić information content (AvgIpc) is 3.60. The second kappa shape index (κ2) is 13.7. The van der Waals surface area contributed by atoms with Crippen LogP contribution in [0.2, 0.25) is 0 Å². The number of esters is 1. The first-order valence-electron chi connectivity index (χ1n) is 14.8. The van der Waals surface area contributed by atoms with Crippen LogP contribution in [-0.4, -0.2) is 78.5 Å². The second-order valence-electron chi connectivity index (χ2n) is 11.3. The third-order valence-electron chi connectivity index (χ3n) is 8.42. The maximum atomic E-state index is 13.4. The zero-order valence-corrected chi connectivity index (χ0v) is 25.5. The van der Waals surface area contributed by atoms with Gasteiger partial charge in [-0.2, -0.15) is 0 Å². The Morgan fingerprint density at radius 1 is 0.977 bits per heavy atom. The fourth-order valence-corrected chi connectivity index (χ4v) is 7.48. The molecule has 0 amide bonds. The Bertz CT molecular complexity index is 1420. The van der Waals surface area contributed by atoms with E-state index in [9.17, 15) is 18.3 Å². The molecule has 12 nitrogen and oxygen atoms in total. The van der Waals surface area contributed by atoms with Crippen LogP contribution in [0, 0.1) is 18.8 Å². The Kier molecular flexibility index (Phi) is 9.97. The van der Waals surface area contributed by atoms with Crippen molar-refractivity contribution in [3.63, 3.8) is 0 Å². The van der Waals surface area contributed by atoms with Gasteiger partial charge in [-0.3, -0.25) is 4.79 Å². The first-order chi connectivity index (χ1) is 20.7. The van der Waals surface area contributed by atoms with Gasteiger partial charge < -0.3 is 40.4 Å². The highest BCUT2D eigenvalue weighted by Gasteiger charge is 2.53. The van der Waals surface area contributed by atoms with Crippen molar-refractivity contribution < 1.29 is 37.3 Å². The number of aryl methyl sites for hydroxylation is 1. The van der Waals surface area contributed by atoms with Crippen molar-refractivity contribution in [1.29, 1.82) is 0 Å². The number of benzene rings is 2. The fourth-order valence-electron chi connectivity index (χ4n) is 6.26. The van der Waals surface area contributed by atoms with E-state index in [1.165, 1.54) is 7.11 Å². The van der Waals surface area contributed by atoms with Gasteiger partial charge in [0.25, 0.3) is 0 Å². The monoisotopic (exact) mass is 618 g/mol. The molecule has 2 aromatic carbocycles. The summed E-state index contributed by atoms with van der Waals surface area (Å²) < 4.78 is 51.9. The number of hydrogen-bond donors (Lipinski definition) is 5. The number of aromatic hydroxyl groups is 1. The molecule has 4 atom stereocenters. The maximum absolute atomic E-state index is 13.4. The molecule has 1 fully saturated rings. The van der Waals surface area contributed by atoms with Crippen molar-refractivity contribution in [3.8, 4) is 23.0 Å². The summed E-state index contributed by atoms with van der Waals surface area (Å²) >= 11 is 0. The fraction of sp³-hybridized carbons (Fsp3) is 0.567. The van der Waals surface area contributed by atoms with Crippen molar-refractivity contribution in [2.45, 2.75) is 38.1 Å². The van der Waals surface area contributed by atoms with Gasteiger partial charge in [0.1, 0.15) is 0 Å². The number of cyclic esters (lactones) is 1. The summed E-state index contributed by atoms with van der Waals surface area (Å²) in [6.07, 6.45) is 2.92. The van der Waals surface area contributed by atoms with Gasteiger partial charge >= 0.3 is 5.97 Å². The molecular weight excluding hydrogens is 576 g/mol. The maximum Gasteiger partial charge on any atom is 0.310 e. The molecule has 3 aliphatic rings. The lowest BCUT2D eigenvalue weighted by Gasteiger charge is -2.39. The first kappa shape index (κ1) is 31.3. The summed E-state index contributed by atoms with van der Waals surface area (Å²) in [5.41, 5.74) is 8.30. The number of sulfonamides is 1. The minimum Gasteiger partial charge on any atom is -0.504 e. The lowest BCUT2D eigenvalue weighted by atomic mass is 9.65. The van der Waals surface area contributed by atoms with Crippen molar-refractivity contribution in [1.82, 2.24) is 15.4 Å². The van der Waals surface area contributed by atoms with Gasteiger partial charge in [-0.05, 0) is 92.8 Å². The number of phenols is 1. The second-order valence-corrected chi connectivity index (χ2v) is 13.2. The number of nitrogens with two attached hydrogens (primary N) is 1. The number of hydrogen-bond acceptors (Lipinski definition) is 11. The number of phenolic OH excluding ortho intramolecular Hbond substituents is 1. The lowest BCUT2D eigenvalue weighted by molar-refractivity contribution is -0.141. The van der Waals surface area contributed by atoms with E-state index in [4.69, 9.17) is 24.7 Å². The summed E-state index contributed by atoms with van der Waals surface area (Å²) in [4.78, 5) is 13.3. The van der Waals surface area contributed by atoms with Crippen LogP contribution < -0.4 is 35.3 Å². The predicted octanol–water partition coefficient (Wildman–Crippen LogP) is 1.64. The van der Waals surface area contributed by atoms with E-state index < -0.39 is 39.8 Å². The molecule has 2 aromatic rings. The van der Waals surface area contributed by atoms with Crippen LogP contribution in [0.3, 0.4) is 0 Å². The van der Waals surface area contributed by atoms with Crippen LogP contribution >= 0.6 is 0 Å². The van der Waals surface area contributed by atoms with Crippen LogP contribution in [0.15, 0.2) is 24.3 Å². The molecule has 2 aliphatic heterocycles. The molecule has 1 aliphatic carbocycles. The predicted molar refractivity (Wildman–Crippen MR) is 160 cm³/mol. The van der Waals surface area contributed by atoms with E-state index in [2.05, 4.69) is 15.4 Å². The minimum absolute atomic E-state index is 0.0246. The smallest absolute Gasteiger partial charge is 0.310 e. The largest absolute Gasteiger partial charge is 0.504 e. The Balaban J connectivity index is 1.36. The Morgan fingerprint density at radius 2 is 1.67 bits per heavy atom. The topological polar surface area (TPSA) is 170 Å². The number of nitrogens with one attached hydrogen (secondary N) is 3. The molecule has 0 spiro atoms. The normalized spacial score (nSPS) is 22.3. The summed E-state index contributed by atoms with van der Waals surface area (Å²) in [6.45, 7) is 5.35. The van der Waals surface area contributed by atoms with Crippen molar-refractivity contribution in [3.05, 3.63) is 46.5 Å². The summed E-state index contributed by atoms with van der Waals surface area (Å²) in [5.74, 6) is -0.761. The Labute approximate surface area is 252 Å². The van der Waals surface area contributed by atoms with E-state index in [0.29, 0.717) is 42.3 Å². The van der Waals surface area contributed by atoms with Crippen LogP contribution in [0.1, 0.15) is 53.5 Å². The zero-order valence-electron chi connectivity index (χ0n) is 24.7. The van der Waals surface area contributed by atoms with Crippen molar-refractivity contribution in [2.75, 3.05) is 59.0 Å².